The largest absolute Gasteiger partial charge is 0.295 e. The fraction of sp³-hybridized carbons (Fsp3) is 0.238. The molecule has 0 radical (unpaired) electrons. The highest BCUT2D eigenvalue weighted by molar-refractivity contribution is 7.18. The lowest BCUT2D eigenvalue weighted by molar-refractivity contribution is 0.244. The third-order valence-corrected chi connectivity index (χ3v) is 6.48. The number of H-pyrrole nitrogens is 1. The Morgan fingerprint density at radius 3 is 2.97 bits per heavy atom. The maximum atomic E-state index is 13.4. The summed E-state index contributed by atoms with van der Waals surface area (Å²) in [6, 6.07) is 10.6. The van der Waals surface area contributed by atoms with E-state index >= 15 is 0 Å². The van der Waals surface area contributed by atoms with Crippen molar-refractivity contribution in [2.45, 2.75) is 26.4 Å². The van der Waals surface area contributed by atoms with Gasteiger partial charge in [0.15, 0.2) is 0 Å². The van der Waals surface area contributed by atoms with Crippen molar-refractivity contribution in [3.8, 4) is 5.69 Å². The van der Waals surface area contributed by atoms with Crippen molar-refractivity contribution < 1.29 is 4.39 Å². The number of rotatable bonds is 3. The topological polar surface area (TPSA) is 53.9 Å². The zero-order valence-electron chi connectivity index (χ0n) is 15.7. The van der Waals surface area contributed by atoms with Gasteiger partial charge >= 0.3 is 0 Å². The van der Waals surface area contributed by atoms with E-state index in [2.05, 4.69) is 15.0 Å². The first-order valence-electron chi connectivity index (χ1n) is 9.34. The van der Waals surface area contributed by atoms with Crippen LogP contribution in [0.2, 0.25) is 5.02 Å². The number of hydrogen-bond acceptors (Lipinski definition) is 4. The molecule has 0 saturated heterocycles. The van der Waals surface area contributed by atoms with Gasteiger partial charge in [0.1, 0.15) is 5.82 Å². The molecule has 0 spiro atoms. The summed E-state index contributed by atoms with van der Waals surface area (Å²) in [6.07, 6.45) is 0.758. The van der Waals surface area contributed by atoms with E-state index in [1.807, 2.05) is 25.1 Å². The highest BCUT2D eigenvalue weighted by Gasteiger charge is 2.23. The Kier molecular flexibility index (Phi) is 4.53. The molecule has 29 heavy (non-hydrogen) atoms. The summed E-state index contributed by atoms with van der Waals surface area (Å²) in [5.41, 5.74) is 4.43. The zero-order chi connectivity index (χ0) is 20.1. The van der Waals surface area contributed by atoms with Gasteiger partial charge in [-0.15, -0.1) is 11.3 Å². The number of aromatic nitrogens is 3. The summed E-state index contributed by atoms with van der Waals surface area (Å²) < 4.78 is 16.1. The van der Waals surface area contributed by atoms with Crippen LogP contribution in [0.15, 0.2) is 41.2 Å². The van der Waals surface area contributed by atoms with Crippen LogP contribution >= 0.6 is 22.9 Å². The molecular formula is C21H18ClFN4OS. The molecule has 1 aliphatic heterocycles. The normalized spacial score (nSPS) is 14.4. The first-order valence-corrected chi connectivity index (χ1v) is 10.5. The van der Waals surface area contributed by atoms with Crippen LogP contribution in [0, 0.1) is 12.7 Å². The van der Waals surface area contributed by atoms with Gasteiger partial charge in [0.2, 0.25) is 0 Å². The predicted molar refractivity (Wildman–Crippen MR) is 114 cm³/mol. The van der Waals surface area contributed by atoms with Gasteiger partial charge in [-0.2, -0.15) is 0 Å². The van der Waals surface area contributed by atoms with Crippen LogP contribution in [-0.4, -0.2) is 26.2 Å². The number of fused-ring (bicyclic) bond motifs is 2. The molecule has 5 rings (SSSR count). The maximum Gasteiger partial charge on any atom is 0.275 e. The van der Waals surface area contributed by atoms with E-state index in [1.165, 1.54) is 6.07 Å². The van der Waals surface area contributed by atoms with Gasteiger partial charge in [-0.25, -0.2) is 14.1 Å². The highest BCUT2D eigenvalue weighted by Crippen LogP contribution is 2.25. The number of thiazole rings is 1. The molecule has 0 saturated carbocycles. The first-order chi connectivity index (χ1) is 14.0. The smallest absolute Gasteiger partial charge is 0.275 e. The Morgan fingerprint density at radius 1 is 1.28 bits per heavy atom. The van der Waals surface area contributed by atoms with Gasteiger partial charge in [-0.3, -0.25) is 14.8 Å². The molecule has 2 aromatic heterocycles. The lowest BCUT2D eigenvalue weighted by Gasteiger charge is -2.25. The molecule has 5 nitrogen and oxygen atoms in total. The average Bonchev–Trinajstić information content (AvgIpc) is 3.23. The molecule has 0 fully saturated rings. The minimum absolute atomic E-state index is 0.0255. The molecule has 1 N–H and O–H groups in total. The van der Waals surface area contributed by atoms with Gasteiger partial charge in [-0.1, -0.05) is 17.7 Å². The molecule has 148 valence electrons. The summed E-state index contributed by atoms with van der Waals surface area (Å²) in [5, 5.41) is 4.41. The number of benzene rings is 2. The molecule has 0 aliphatic carbocycles. The Balaban J connectivity index is 1.43. The lowest BCUT2D eigenvalue weighted by atomic mass is 10.1. The van der Waals surface area contributed by atoms with Gasteiger partial charge < -0.3 is 0 Å². The van der Waals surface area contributed by atoms with Crippen LogP contribution in [0.5, 0.6) is 0 Å². The molecule has 1 aliphatic rings. The molecular weight excluding hydrogens is 411 g/mol. The number of nitrogens with one attached hydrogen (secondary N) is 1. The van der Waals surface area contributed by atoms with Crippen LogP contribution in [0.3, 0.4) is 0 Å². The fourth-order valence-electron chi connectivity index (χ4n) is 3.84. The molecule has 4 aromatic rings. The van der Waals surface area contributed by atoms with Crippen molar-refractivity contribution in [3.63, 3.8) is 0 Å². The van der Waals surface area contributed by atoms with E-state index in [9.17, 15) is 9.18 Å². The van der Waals surface area contributed by atoms with Gasteiger partial charge in [0.25, 0.3) is 5.56 Å². The van der Waals surface area contributed by atoms with Gasteiger partial charge in [0, 0.05) is 31.7 Å². The van der Waals surface area contributed by atoms with Crippen molar-refractivity contribution in [1.29, 1.82) is 0 Å². The van der Waals surface area contributed by atoms with E-state index < -0.39 is 5.82 Å². The molecule has 0 bridgehead atoms. The minimum Gasteiger partial charge on any atom is -0.295 e. The Labute approximate surface area is 175 Å². The van der Waals surface area contributed by atoms with Gasteiger partial charge in [-0.05, 0) is 42.8 Å². The summed E-state index contributed by atoms with van der Waals surface area (Å²) >= 11 is 7.52. The summed E-state index contributed by atoms with van der Waals surface area (Å²) in [4.78, 5) is 19.7. The SMILES string of the molecule is Cc1nc2ccc(-n3[nH]c4c(c3=O)CN(Cc3ccc(F)c(Cl)c3)CC4)cc2s1. The Hall–Kier alpha value is -2.48. The third-order valence-electron chi connectivity index (χ3n) is 5.26. The van der Waals surface area contributed by atoms with Crippen LogP contribution < -0.4 is 5.56 Å². The van der Waals surface area contributed by atoms with Crippen molar-refractivity contribution >= 4 is 33.2 Å². The lowest BCUT2D eigenvalue weighted by Crippen LogP contribution is -2.32. The van der Waals surface area contributed by atoms with Crippen LogP contribution in [0.25, 0.3) is 15.9 Å². The average molecular weight is 429 g/mol. The zero-order valence-corrected chi connectivity index (χ0v) is 17.3. The predicted octanol–water partition coefficient (Wildman–Crippen LogP) is 4.43. The third kappa shape index (κ3) is 3.39. The number of aryl methyl sites for hydroxylation is 1. The van der Waals surface area contributed by atoms with E-state index in [0.29, 0.717) is 13.1 Å². The molecule has 0 amide bonds. The summed E-state index contributed by atoms with van der Waals surface area (Å²) in [6.45, 7) is 3.96. The summed E-state index contributed by atoms with van der Waals surface area (Å²) in [5.74, 6) is -0.419. The van der Waals surface area contributed by atoms with Crippen molar-refractivity contribution in [2.24, 2.45) is 0 Å². The van der Waals surface area contributed by atoms with E-state index in [-0.39, 0.29) is 10.6 Å². The Morgan fingerprint density at radius 2 is 2.14 bits per heavy atom. The van der Waals surface area contributed by atoms with Crippen molar-refractivity contribution in [2.75, 3.05) is 6.54 Å². The van der Waals surface area contributed by atoms with Crippen LogP contribution in [0.1, 0.15) is 21.8 Å². The highest BCUT2D eigenvalue weighted by atomic mass is 35.5. The maximum absolute atomic E-state index is 13.4. The number of hydrogen-bond donors (Lipinski definition) is 1. The van der Waals surface area contributed by atoms with Crippen molar-refractivity contribution in [1.82, 2.24) is 19.7 Å². The van der Waals surface area contributed by atoms with Crippen molar-refractivity contribution in [3.05, 3.63) is 79.4 Å². The van der Waals surface area contributed by atoms with Gasteiger partial charge in [0.05, 0.1) is 31.5 Å². The van der Waals surface area contributed by atoms with Crippen LogP contribution in [-0.2, 0) is 19.5 Å². The fourth-order valence-corrected chi connectivity index (χ4v) is 4.90. The van der Waals surface area contributed by atoms with Crippen LogP contribution in [0.4, 0.5) is 4.39 Å². The van der Waals surface area contributed by atoms with E-state index in [1.54, 1.807) is 28.2 Å². The standard InChI is InChI=1S/C21H18ClFN4OS/c1-12-24-19-5-3-14(9-20(19)29-12)27-21(28)15-11-26(7-6-18(15)25-27)10-13-2-4-17(23)16(22)8-13/h2-5,8-9,25H,6-7,10-11H2,1H3. The molecule has 0 unspecified atom stereocenters. The quantitative estimate of drug-likeness (QED) is 0.525. The molecule has 2 aromatic carbocycles. The Bertz CT molecular complexity index is 1290. The summed E-state index contributed by atoms with van der Waals surface area (Å²) in [7, 11) is 0. The number of halogens is 2. The monoisotopic (exact) mass is 428 g/mol. The molecule has 0 atom stereocenters. The molecule has 3 heterocycles. The number of aromatic amines is 1. The second-order valence-corrected chi connectivity index (χ2v) is 8.95. The van der Waals surface area contributed by atoms with E-state index in [4.69, 9.17) is 11.6 Å². The second kappa shape index (κ2) is 7.09. The minimum atomic E-state index is -0.419. The van der Waals surface area contributed by atoms with E-state index in [0.717, 1.165) is 50.7 Å². The molecule has 8 heteroatoms. The number of nitrogens with zero attached hydrogens (tertiary/aromatic N) is 3. The second-order valence-electron chi connectivity index (χ2n) is 7.30. The first kappa shape index (κ1) is 18.5.